The van der Waals surface area contributed by atoms with E-state index in [1.165, 1.54) is 66.5 Å². The van der Waals surface area contributed by atoms with Crippen LogP contribution in [0.25, 0.3) is 55.3 Å². The van der Waals surface area contributed by atoms with E-state index in [0.717, 1.165) is 17.8 Å². The summed E-state index contributed by atoms with van der Waals surface area (Å²) in [5.74, 6) is 0.295. The summed E-state index contributed by atoms with van der Waals surface area (Å²) in [6.45, 7) is 0. The first-order chi connectivity index (χ1) is 26.2. The SMILES string of the molecule is C1=CC(c2cccc(-c3ccccc3)c2)CC=C1N(c1cccc(-c2ccc3ccccc3c2)c1)c1cc(-c2ccccc2)cc(-c2ccccc2)c1. The lowest BCUT2D eigenvalue weighted by molar-refractivity contribution is 0.840. The molecule has 1 aliphatic rings. The van der Waals surface area contributed by atoms with Crippen molar-refractivity contribution in [1.82, 2.24) is 0 Å². The Morgan fingerprint density at radius 1 is 0.358 bits per heavy atom. The molecule has 0 aliphatic heterocycles. The van der Waals surface area contributed by atoms with Crippen LogP contribution in [0.5, 0.6) is 0 Å². The summed E-state index contributed by atoms with van der Waals surface area (Å²) in [7, 11) is 0. The van der Waals surface area contributed by atoms with Gasteiger partial charge in [0.1, 0.15) is 0 Å². The van der Waals surface area contributed by atoms with Crippen LogP contribution in [0.1, 0.15) is 17.9 Å². The van der Waals surface area contributed by atoms with Crippen molar-refractivity contribution in [2.45, 2.75) is 12.3 Å². The van der Waals surface area contributed by atoms with Gasteiger partial charge in [-0.1, -0.05) is 176 Å². The molecule has 1 nitrogen and oxygen atoms in total. The summed E-state index contributed by atoms with van der Waals surface area (Å²) in [4.78, 5) is 2.44. The van der Waals surface area contributed by atoms with Crippen molar-refractivity contribution in [3.8, 4) is 44.5 Å². The van der Waals surface area contributed by atoms with Gasteiger partial charge in [-0.3, -0.25) is 0 Å². The number of allylic oxidation sites excluding steroid dienone is 3. The Kier molecular flexibility index (Phi) is 8.82. The summed E-state index contributed by atoms with van der Waals surface area (Å²) in [6.07, 6.45) is 8.04. The average Bonchev–Trinajstić information content (AvgIpc) is 3.25. The molecule has 0 bridgehead atoms. The number of nitrogens with zero attached hydrogens (tertiary/aromatic N) is 1. The fraction of sp³-hybridized carbons (Fsp3) is 0.0385. The second kappa shape index (κ2) is 14.5. The molecule has 1 atom stereocenters. The van der Waals surface area contributed by atoms with Gasteiger partial charge in [-0.15, -0.1) is 0 Å². The first-order valence-electron chi connectivity index (χ1n) is 18.4. The number of benzene rings is 8. The normalized spacial score (nSPS) is 13.8. The van der Waals surface area contributed by atoms with Crippen LogP contribution in [0, 0.1) is 0 Å². The van der Waals surface area contributed by atoms with E-state index in [2.05, 4.69) is 223 Å². The number of hydrogen-bond acceptors (Lipinski definition) is 1. The predicted molar refractivity (Wildman–Crippen MR) is 225 cm³/mol. The molecule has 0 fully saturated rings. The average molecular weight is 678 g/mol. The minimum Gasteiger partial charge on any atom is -0.311 e. The van der Waals surface area contributed by atoms with Gasteiger partial charge in [0.2, 0.25) is 0 Å². The van der Waals surface area contributed by atoms with Crippen molar-refractivity contribution in [3.05, 3.63) is 230 Å². The Morgan fingerprint density at radius 3 is 1.53 bits per heavy atom. The number of hydrogen-bond donors (Lipinski definition) is 0. The highest BCUT2D eigenvalue weighted by atomic mass is 15.1. The third kappa shape index (κ3) is 6.86. The van der Waals surface area contributed by atoms with Crippen molar-refractivity contribution in [3.63, 3.8) is 0 Å². The second-order valence-corrected chi connectivity index (χ2v) is 13.8. The van der Waals surface area contributed by atoms with Crippen LogP contribution < -0.4 is 4.90 Å². The standard InChI is InChI=1S/C52H39N/c1-4-14-38(15-5-1)44-22-12-23-45(32-44)42-28-30-50(31-29-42)53(51-25-13-24-46(35-51)47-27-26-41-20-10-11-21-43(41)33-47)52-36-48(39-16-6-2-7-17-39)34-49(37-52)40-18-8-3-9-19-40/h1-28,30-37,42H,29H2. The lowest BCUT2D eigenvalue weighted by Crippen LogP contribution is -2.17. The Balaban J connectivity index is 1.15. The minimum atomic E-state index is 0.295. The van der Waals surface area contributed by atoms with Crippen molar-refractivity contribution < 1.29 is 0 Å². The van der Waals surface area contributed by atoms with Gasteiger partial charge in [0.25, 0.3) is 0 Å². The van der Waals surface area contributed by atoms with E-state index >= 15 is 0 Å². The van der Waals surface area contributed by atoms with Gasteiger partial charge in [-0.05, 0) is 110 Å². The van der Waals surface area contributed by atoms with Gasteiger partial charge >= 0.3 is 0 Å². The van der Waals surface area contributed by atoms with Crippen molar-refractivity contribution >= 4 is 22.1 Å². The molecule has 0 heterocycles. The van der Waals surface area contributed by atoms with E-state index in [1.807, 2.05) is 0 Å². The zero-order chi connectivity index (χ0) is 35.4. The molecule has 8 aromatic carbocycles. The topological polar surface area (TPSA) is 3.24 Å². The fourth-order valence-corrected chi connectivity index (χ4v) is 7.58. The molecule has 0 radical (unpaired) electrons. The van der Waals surface area contributed by atoms with Crippen LogP contribution in [-0.4, -0.2) is 0 Å². The fourth-order valence-electron chi connectivity index (χ4n) is 7.58. The summed E-state index contributed by atoms with van der Waals surface area (Å²) < 4.78 is 0. The molecule has 252 valence electrons. The van der Waals surface area contributed by atoms with E-state index in [9.17, 15) is 0 Å². The van der Waals surface area contributed by atoms with Crippen molar-refractivity contribution in [2.75, 3.05) is 4.90 Å². The summed E-state index contributed by atoms with van der Waals surface area (Å²) in [5.41, 5.74) is 14.4. The van der Waals surface area contributed by atoms with Gasteiger partial charge in [-0.2, -0.15) is 0 Å². The smallest absolute Gasteiger partial charge is 0.0473 e. The predicted octanol–water partition coefficient (Wildman–Crippen LogP) is 14.3. The highest BCUT2D eigenvalue weighted by Gasteiger charge is 2.21. The molecule has 8 aromatic rings. The molecule has 1 unspecified atom stereocenters. The van der Waals surface area contributed by atoms with E-state index in [-0.39, 0.29) is 0 Å². The Hall–Kier alpha value is -6.70. The maximum atomic E-state index is 2.44. The lowest BCUT2D eigenvalue weighted by atomic mass is 9.89. The number of fused-ring (bicyclic) bond motifs is 1. The molecule has 0 saturated carbocycles. The monoisotopic (exact) mass is 677 g/mol. The molecule has 0 saturated heterocycles. The first-order valence-corrected chi connectivity index (χ1v) is 18.4. The maximum absolute atomic E-state index is 2.44. The third-order valence-electron chi connectivity index (χ3n) is 10.3. The zero-order valence-corrected chi connectivity index (χ0v) is 29.5. The molecule has 1 aliphatic carbocycles. The van der Waals surface area contributed by atoms with Crippen LogP contribution >= 0.6 is 0 Å². The maximum Gasteiger partial charge on any atom is 0.0473 e. The van der Waals surface area contributed by atoms with Crippen LogP contribution in [0.4, 0.5) is 11.4 Å². The first kappa shape index (κ1) is 32.2. The van der Waals surface area contributed by atoms with E-state index in [4.69, 9.17) is 0 Å². The molecule has 0 amide bonds. The minimum absolute atomic E-state index is 0.295. The van der Waals surface area contributed by atoms with Gasteiger partial charge < -0.3 is 4.90 Å². The van der Waals surface area contributed by atoms with Crippen molar-refractivity contribution in [1.29, 1.82) is 0 Å². The summed E-state index contributed by atoms with van der Waals surface area (Å²) in [6, 6.07) is 72.5. The highest BCUT2D eigenvalue weighted by Crippen LogP contribution is 2.41. The molecule has 0 aromatic heterocycles. The summed E-state index contributed by atoms with van der Waals surface area (Å²) in [5, 5.41) is 2.50. The lowest BCUT2D eigenvalue weighted by Gasteiger charge is -2.30. The molecule has 0 N–H and O–H groups in total. The number of rotatable bonds is 8. The van der Waals surface area contributed by atoms with Crippen LogP contribution in [0.2, 0.25) is 0 Å². The zero-order valence-electron chi connectivity index (χ0n) is 29.5. The van der Waals surface area contributed by atoms with E-state index in [1.54, 1.807) is 0 Å². The largest absolute Gasteiger partial charge is 0.311 e. The second-order valence-electron chi connectivity index (χ2n) is 13.8. The molecule has 1 heteroatoms. The van der Waals surface area contributed by atoms with Crippen LogP contribution in [0.15, 0.2) is 224 Å². The van der Waals surface area contributed by atoms with Crippen LogP contribution in [0.3, 0.4) is 0 Å². The van der Waals surface area contributed by atoms with Crippen LogP contribution in [-0.2, 0) is 0 Å². The highest BCUT2D eigenvalue weighted by molar-refractivity contribution is 5.89. The quantitative estimate of drug-likeness (QED) is 0.155. The van der Waals surface area contributed by atoms with Crippen molar-refractivity contribution in [2.24, 2.45) is 0 Å². The Bertz CT molecular complexity index is 2520. The van der Waals surface area contributed by atoms with Gasteiger partial charge in [0, 0.05) is 23.0 Å². The molecular weight excluding hydrogens is 639 g/mol. The van der Waals surface area contributed by atoms with E-state index < -0.39 is 0 Å². The molecule has 53 heavy (non-hydrogen) atoms. The molecule has 0 spiro atoms. The number of anilines is 2. The molecular formula is C52H39N. The summed E-state index contributed by atoms with van der Waals surface area (Å²) >= 11 is 0. The van der Waals surface area contributed by atoms with Gasteiger partial charge in [0.05, 0.1) is 0 Å². The van der Waals surface area contributed by atoms with Gasteiger partial charge in [0.15, 0.2) is 0 Å². The van der Waals surface area contributed by atoms with Gasteiger partial charge in [-0.25, -0.2) is 0 Å². The molecule has 9 rings (SSSR count). The third-order valence-corrected chi connectivity index (χ3v) is 10.3. The van der Waals surface area contributed by atoms with E-state index in [0.29, 0.717) is 5.92 Å². The Labute approximate surface area is 312 Å². The Morgan fingerprint density at radius 2 is 0.887 bits per heavy atom.